The number of fused-ring (bicyclic) bond motifs is 1. The van der Waals surface area contributed by atoms with Crippen LogP contribution >= 0.6 is 22.9 Å². The van der Waals surface area contributed by atoms with E-state index in [9.17, 15) is 14.4 Å². The number of ether oxygens (including phenoxy) is 1. The number of aryl methyl sites for hydroxylation is 1. The zero-order chi connectivity index (χ0) is 24.0. The summed E-state index contributed by atoms with van der Waals surface area (Å²) in [5.74, 6) is -1.56. The number of ketones is 1. The summed E-state index contributed by atoms with van der Waals surface area (Å²) >= 11 is 7.64. The molecule has 0 aromatic carbocycles. The smallest absolute Gasteiger partial charge is 0.277 e. The first kappa shape index (κ1) is 23.3. The van der Waals surface area contributed by atoms with Crippen LogP contribution in [0.4, 0.5) is 0 Å². The van der Waals surface area contributed by atoms with Gasteiger partial charge in [-0.3, -0.25) is 14.4 Å². The second-order valence-corrected chi connectivity index (χ2v) is 10.8. The Labute approximate surface area is 206 Å². The predicted octanol–water partition coefficient (Wildman–Crippen LogP) is 2.46. The van der Waals surface area contributed by atoms with Gasteiger partial charge in [0.1, 0.15) is 18.8 Å². The molecule has 0 bridgehead atoms. The van der Waals surface area contributed by atoms with Gasteiger partial charge in [-0.25, -0.2) is 4.98 Å². The largest absolute Gasteiger partial charge is 0.366 e. The third-order valence-corrected chi connectivity index (χ3v) is 8.51. The van der Waals surface area contributed by atoms with E-state index < -0.39 is 29.3 Å². The molecule has 5 rings (SSSR count). The number of carbonyl (C=O) groups is 3. The minimum atomic E-state index is -0.677. The summed E-state index contributed by atoms with van der Waals surface area (Å²) in [6, 6.07) is 1.18. The highest BCUT2D eigenvalue weighted by Gasteiger charge is 2.53. The minimum absolute atomic E-state index is 0.0315. The molecule has 4 heterocycles. The van der Waals surface area contributed by atoms with Gasteiger partial charge in [-0.1, -0.05) is 19.3 Å². The lowest BCUT2D eigenvalue weighted by molar-refractivity contribution is -0.139. The van der Waals surface area contributed by atoms with Crippen molar-refractivity contribution in [3.8, 4) is 10.4 Å². The van der Waals surface area contributed by atoms with Crippen molar-refractivity contribution in [3.63, 3.8) is 0 Å². The number of nitrogens with zero attached hydrogens (tertiary/aromatic N) is 4. The Morgan fingerprint density at radius 2 is 2.06 bits per heavy atom. The van der Waals surface area contributed by atoms with Crippen LogP contribution in [-0.2, 0) is 14.3 Å². The van der Waals surface area contributed by atoms with Crippen molar-refractivity contribution in [3.05, 3.63) is 28.7 Å². The van der Waals surface area contributed by atoms with Crippen molar-refractivity contribution in [2.45, 2.75) is 62.5 Å². The summed E-state index contributed by atoms with van der Waals surface area (Å²) in [6.07, 6.45) is 5.98. The molecule has 1 saturated carbocycles. The molecule has 34 heavy (non-hydrogen) atoms. The zero-order valence-corrected chi connectivity index (χ0v) is 20.3. The van der Waals surface area contributed by atoms with Gasteiger partial charge in [-0.2, -0.15) is 10.2 Å². The summed E-state index contributed by atoms with van der Waals surface area (Å²) in [7, 11) is 0. The van der Waals surface area contributed by atoms with Crippen LogP contribution in [0, 0.1) is 12.8 Å². The van der Waals surface area contributed by atoms with Crippen molar-refractivity contribution >= 4 is 40.5 Å². The van der Waals surface area contributed by atoms with E-state index in [1.165, 1.54) is 0 Å². The molecule has 0 radical (unpaired) electrons. The highest BCUT2D eigenvalue weighted by atomic mass is 35.5. The maximum atomic E-state index is 14.2. The molecule has 0 unspecified atom stereocenters. The Morgan fingerprint density at radius 3 is 2.76 bits per heavy atom. The first-order valence-corrected chi connectivity index (χ1v) is 12.8. The van der Waals surface area contributed by atoms with Gasteiger partial charge in [0.05, 0.1) is 33.8 Å². The van der Waals surface area contributed by atoms with Gasteiger partial charge in [0.25, 0.3) is 5.91 Å². The van der Waals surface area contributed by atoms with Crippen LogP contribution < -0.4 is 5.73 Å². The quantitative estimate of drug-likeness (QED) is 0.620. The number of nitrogens with two attached hydrogens (primary N) is 1. The summed E-state index contributed by atoms with van der Waals surface area (Å²) in [6.45, 7) is 2.03. The number of amides is 2. The van der Waals surface area contributed by atoms with E-state index in [-0.39, 0.29) is 35.8 Å². The Morgan fingerprint density at radius 1 is 1.29 bits per heavy atom. The number of primary amides is 1. The molecule has 11 heteroatoms. The lowest BCUT2D eigenvalue weighted by Gasteiger charge is -2.33. The highest BCUT2D eigenvalue weighted by molar-refractivity contribution is 7.17. The van der Waals surface area contributed by atoms with Crippen LogP contribution in [0.25, 0.3) is 10.4 Å². The number of carbonyl (C=O) groups excluding carboxylic acids is 3. The van der Waals surface area contributed by atoms with Gasteiger partial charge < -0.3 is 15.4 Å². The van der Waals surface area contributed by atoms with Crippen LogP contribution in [0.1, 0.15) is 59.2 Å². The molecule has 2 amide bonds. The number of halogens is 1. The molecular formula is C23H26ClN5O4S. The van der Waals surface area contributed by atoms with Crippen LogP contribution in [0.15, 0.2) is 12.3 Å². The number of thiazole rings is 1. The van der Waals surface area contributed by atoms with Crippen LogP contribution in [0.5, 0.6) is 0 Å². The second kappa shape index (κ2) is 9.31. The number of Topliss-reactive ketones (excluding diaryl/α,β-unsaturated/α-hetero) is 1. The van der Waals surface area contributed by atoms with Gasteiger partial charge in [0, 0.05) is 12.1 Å². The summed E-state index contributed by atoms with van der Waals surface area (Å²) in [5, 5.41) is 7.77. The number of hydrogen-bond donors (Lipinski definition) is 1. The Balaban J connectivity index is 1.61. The van der Waals surface area contributed by atoms with E-state index in [2.05, 4.69) is 15.2 Å². The van der Waals surface area contributed by atoms with E-state index in [4.69, 9.17) is 22.1 Å². The third-order valence-electron chi connectivity index (χ3n) is 6.99. The molecule has 2 N–H and O–H groups in total. The van der Waals surface area contributed by atoms with Crippen LogP contribution in [0.3, 0.4) is 0 Å². The van der Waals surface area contributed by atoms with E-state index in [0.29, 0.717) is 16.3 Å². The fourth-order valence-electron chi connectivity index (χ4n) is 5.46. The fraction of sp³-hybridized carbons (Fsp3) is 0.565. The van der Waals surface area contributed by atoms with Gasteiger partial charge >= 0.3 is 0 Å². The molecule has 180 valence electrons. The van der Waals surface area contributed by atoms with Crippen molar-refractivity contribution in [1.29, 1.82) is 0 Å². The number of alkyl halides is 1. The number of aromatic nitrogens is 3. The lowest BCUT2D eigenvalue weighted by Crippen LogP contribution is -2.45. The van der Waals surface area contributed by atoms with Gasteiger partial charge in [-0.15, -0.1) is 22.9 Å². The van der Waals surface area contributed by atoms with Gasteiger partial charge in [-0.05, 0) is 31.7 Å². The lowest BCUT2D eigenvalue weighted by atomic mass is 9.77. The summed E-state index contributed by atoms with van der Waals surface area (Å²) < 4.78 is 5.59. The summed E-state index contributed by atoms with van der Waals surface area (Å²) in [4.78, 5) is 45.8. The Hall–Kier alpha value is -2.43. The topological polar surface area (TPSA) is 128 Å². The molecule has 4 atom stereocenters. The SMILES string of the molecule is Cc1cc(-c2sc(C(N)=O)nc2[C@@H](C(=O)N2C[C@H](Cl)[C@H]3OCC(=O)[C@H]32)C2CCCCC2)cnn1. The average Bonchev–Trinajstić information content (AvgIpc) is 3.51. The first-order chi connectivity index (χ1) is 16.3. The van der Waals surface area contributed by atoms with Crippen molar-refractivity contribution in [1.82, 2.24) is 20.1 Å². The monoisotopic (exact) mass is 503 g/mol. The number of likely N-dealkylation sites (tertiary alicyclic amines) is 1. The molecule has 3 fully saturated rings. The van der Waals surface area contributed by atoms with E-state index >= 15 is 0 Å². The van der Waals surface area contributed by atoms with Crippen LogP contribution in [0.2, 0.25) is 0 Å². The molecule has 2 aromatic rings. The van der Waals surface area contributed by atoms with E-state index in [1.807, 2.05) is 13.0 Å². The fourth-order valence-corrected chi connectivity index (χ4v) is 6.77. The second-order valence-electron chi connectivity index (χ2n) is 9.25. The average molecular weight is 504 g/mol. The number of hydrogen-bond acceptors (Lipinski definition) is 8. The zero-order valence-electron chi connectivity index (χ0n) is 18.8. The van der Waals surface area contributed by atoms with Crippen molar-refractivity contribution < 1.29 is 19.1 Å². The van der Waals surface area contributed by atoms with E-state index in [1.54, 1.807) is 11.1 Å². The molecule has 9 nitrogen and oxygen atoms in total. The maximum absolute atomic E-state index is 14.2. The maximum Gasteiger partial charge on any atom is 0.277 e. The molecule has 1 aliphatic carbocycles. The van der Waals surface area contributed by atoms with Gasteiger partial charge in [0.2, 0.25) is 5.91 Å². The minimum Gasteiger partial charge on any atom is -0.366 e. The predicted molar refractivity (Wildman–Crippen MR) is 126 cm³/mol. The van der Waals surface area contributed by atoms with Crippen LogP contribution in [-0.4, -0.2) is 68.4 Å². The highest BCUT2D eigenvalue weighted by Crippen LogP contribution is 2.44. The van der Waals surface area contributed by atoms with Crippen molar-refractivity contribution in [2.24, 2.45) is 11.7 Å². The molecular weight excluding hydrogens is 478 g/mol. The van der Waals surface area contributed by atoms with E-state index in [0.717, 1.165) is 49.0 Å². The third kappa shape index (κ3) is 4.12. The Kier molecular flexibility index (Phi) is 6.39. The standard InChI is InChI=1S/C23H26ClN5O4S/c1-11-7-13(8-26-28-11)20-17(27-22(34-20)21(25)31)16(12-5-3-2-4-6-12)23(32)29-9-14(24)19-18(29)15(30)10-33-19/h7-8,12,14,16,18-19H,2-6,9-10H2,1H3,(H2,25,31)/t14-,16-,18+,19+/m0/s1. The normalized spacial score (nSPS) is 26.0. The summed E-state index contributed by atoms with van der Waals surface area (Å²) in [5.41, 5.74) is 7.55. The van der Waals surface area contributed by atoms with Crippen molar-refractivity contribution in [2.75, 3.05) is 13.2 Å². The molecule has 2 saturated heterocycles. The van der Waals surface area contributed by atoms with Gasteiger partial charge in [0.15, 0.2) is 10.8 Å². The molecule has 3 aliphatic rings. The molecule has 2 aromatic heterocycles. The first-order valence-electron chi connectivity index (χ1n) is 11.5. The molecule has 2 aliphatic heterocycles. The number of rotatable bonds is 5. The Bertz CT molecular complexity index is 1130. The molecule has 0 spiro atoms.